The Morgan fingerprint density at radius 2 is 2.08 bits per heavy atom. The highest BCUT2D eigenvalue weighted by Gasteiger charge is 2.27. The molecule has 0 saturated carbocycles. The van der Waals surface area contributed by atoms with Crippen LogP contribution in [0, 0.1) is 6.92 Å². The van der Waals surface area contributed by atoms with Gasteiger partial charge in [0.2, 0.25) is 0 Å². The Bertz CT molecular complexity index is 802. The molecule has 2 aromatic carbocycles. The van der Waals surface area contributed by atoms with Gasteiger partial charge in [-0.1, -0.05) is 45.7 Å². The van der Waals surface area contributed by atoms with Crippen LogP contribution in [-0.4, -0.2) is 17.9 Å². The summed E-state index contributed by atoms with van der Waals surface area (Å²) in [7, 11) is 0. The van der Waals surface area contributed by atoms with Gasteiger partial charge in [-0.05, 0) is 50.1 Å². The van der Waals surface area contributed by atoms with Crippen molar-refractivity contribution in [2.75, 3.05) is 6.54 Å². The quantitative estimate of drug-likeness (QED) is 0.625. The molecule has 0 radical (unpaired) electrons. The zero-order valence-electron chi connectivity index (χ0n) is 14.0. The summed E-state index contributed by atoms with van der Waals surface area (Å²) in [6.45, 7) is 7.24. The lowest BCUT2D eigenvalue weighted by Gasteiger charge is -2.19. The molecule has 1 aliphatic heterocycles. The number of hydrogen-bond acceptors (Lipinski definition) is 3. The van der Waals surface area contributed by atoms with Crippen LogP contribution in [-0.2, 0) is 5.75 Å². The second kappa shape index (κ2) is 7.11. The van der Waals surface area contributed by atoms with Gasteiger partial charge in [-0.15, -0.1) is 11.8 Å². The van der Waals surface area contributed by atoms with E-state index in [-0.39, 0.29) is 5.54 Å². The van der Waals surface area contributed by atoms with Gasteiger partial charge in [0.15, 0.2) is 0 Å². The zero-order chi connectivity index (χ0) is 17.3. The minimum absolute atomic E-state index is 0.000466. The van der Waals surface area contributed by atoms with Gasteiger partial charge in [0.1, 0.15) is 5.84 Å². The molecule has 2 aromatic rings. The molecule has 0 spiro atoms. The lowest BCUT2D eigenvalue weighted by atomic mass is 10.1. The average Bonchev–Trinajstić information content (AvgIpc) is 2.89. The van der Waals surface area contributed by atoms with Gasteiger partial charge in [0.05, 0.1) is 17.1 Å². The highest BCUT2D eigenvalue weighted by atomic mass is 79.9. The third kappa shape index (κ3) is 3.98. The summed E-state index contributed by atoms with van der Waals surface area (Å²) < 4.78 is 1.10. The van der Waals surface area contributed by atoms with Crippen LogP contribution in [0.3, 0.4) is 0 Å². The minimum atomic E-state index is 0.000466. The summed E-state index contributed by atoms with van der Waals surface area (Å²) in [5.41, 5.74) is 3.69. The Kier molecular flexibility index (Phi) is 5.28. The second-order valence-electron chi connectivity index (χ2n) is 6.65. The Balaban J connectivity index is 1.87. The van der Waals surface area contributed by atoms with Crippen LogP contribution < -0.4 is 5.32 Å². The molecule has 3 rings (SSSR count). The van der Waals surface area contributed by atoms with E-state index in [0.29, 0.717) is 0 Å². The number of halogens is 2. The Morgan fingerprint density at radius 1 is 1.29 bits per heavy atom. The number of thioether (sulfide) groups is 1. The van der Waals surface area contributed by atoms with Crippen molar-refractivity contribution >= 4 is 45.1 Å². The number of aliphatic imine (C=N–C) groups is 1. The molecule has 1 aliphatic rings. The van der Waals surface area contributed by atoms with Crippen molar-refractivity contribution < 1.29 is 0 Å². The molecule has 0 saturated heterocycles. The average molecular weight is 424 g/mol. The fraction of sp³-hybridized carbons (Fsp3) is 0.316. The number of nitrogens with one attached hydrogen (secondary N) is 1. The molecule has 0 aliphatic carbocycles. The number of amidine groups is 1. The summed E-state index contributed by atoms with van der Waals surface area (Å²) in [6.07, 6.45) is 0. The third-order valence-electron chi connectivity index (χ3n) is 3.99. The van der Waals surface area contributed by atoms with Crippen LogP contribution in [0.2, 0.25) is 5.02 Å². The van der Waals surface area contributed by atoms with Crippen LogP contribution >= 0.6 is 39.3 Å². The monoisotopic (exact) mass is 422 g/mol. The molecule has 2 nitrogen and oxygen atoms in total. The molecular formula is C19H20BrClN2S. The SMILES string of the molecule is Cc1ccc(Br)cc1CSc1c(Cl)cccc1C1=NCC(C)(C)N1. The summed E-state index contributed by atoms with van der Waals surface area (Å²) in [5.74, 6) is 1.81. The summed E-state index contributed by atoms with van der Waals surface area (Å²) in [6, 6.07) is 12.4. The number of rotatable bonds is 4. The summed E-state index contributed by atoms with van der Waals surface area (Å²) >= 11 is 11.8. The predicted octanol–water partition coefficient (Wildman–Crippen LogP) is 5.83. The van der Waals surface area contributed by atoms with E-state index in [0.717, 1.165) is 38.1 Å². The van der Waals surface area contributed by atoms with Crippen molar-refractivity contribution in [2.24, 2.45) is 4.99 Å². The first-order valence-electron chi connectivity index (χ1n) is 7.85. The van der Waals surface area contributed by atoms with E-state index in [4.69, 9.17) is 11.6 Å². The van der Waals surface area contributed by atoms with Gasteiger partial charge < -0.3 is 5.32 Å². The van der Waals surface area contributed by atoms with Gasteiger partial charge in [0, 0.05) is 20.7 Å². The van der Waals surface area contributed by atoms with Crippen molar-refractivity contribution in [1.82, 2.24) is 5.32 Å². The van der Waals surface area contributed by atoms with E-state index in [1.165, 1.54) is 11.1 Å². The molecule has 0 amide bonds. The van der Waals surface area contributed by atoms with E-state index in [2.05, 4.69) is 71.3 Å². The van der Waals surface area contributed by atoms with Crippen molar-refractivity contribution in [3.8, 4) is 0 Å². The molecule has 0 unspecified atom stereocenters. The van der Waals surface area contributed by atoms with Crippen molar-refractivity contribution in [2.45, 2.75) is 37.0 Å². The molecule has 1 N–H and O–H groups in total. The van der Waals surface area contributed by atoms with Crippen LogP contribution in [0.25, 0.3) is 0 Å². The van der Waals surface area contributed by atoms with Crippen molar-refractivity contribution in [3.05, 3.63) is 62.6 Å². The van der Waals surface area contributed by atoms with E-state index < -0.39 is 0 Å². The van der Waals surface area contributed by atoms with Gasteiger partial charge in [-0.2, -0.15) is 0 Å². The third-order valence-corrected chi connectivity index (χ3v) is 6.10. The molecular weight excluding hydrogens is 404 g/mol. The first kappa shape index (κ1) is 17.8. The van der Waals surface area contributed by atoms with Crippen LogP contribution in [0.1, 0.15) is 30.5 Å². The molecule has 0 atom stereocenters. The van der Waals surface area contributed by atoms with E-state index in [1.54, 1.807) is 11.8 Å². The minimum Gasteiger partial charge on any atom is -0.363 e. The van der Waals surface area contributed by atoms with Crippen LogP contribution in [0.5, 0.6) is 0 Å². The first-order valence-corrected chi connectivity index (χ1v) is 10.0. The fourth-order valence-corrected chi connectivity index (χ4v) is 4.50. The maximum atomic E-state index is 6.50. The van der Waals surface area contributed by atoms with E-state index in [1.807, 2.05) is 12.1 Å². The van der Waals surface area contributed by atoms with Crippen molar-refractivity contribution in [1.29, 1.82) is 0 Å². The highest BCUT2D eigenvalue weighted by molar-refractivity contribution is 9.10. The van der Waals surface area contributed by atoms with Crippen molar-refractivity contribution in [3.63, 3.8) is 0 Å². The lowest BCUT2D eigenvalue weighted by molar-refractivity contribution is 0.506. The molecule has 0 aromatic heterocycles. The predicted molar refractivity (Wildman–Crippen MR) is 109 cm³/mol. The maximum absolute atomic E-state index is 6.50. The Labute approximate surface area is 161 Å². The molecule has 126 valence electrons. The fourth-order valence-electron chi connectivity index (χ4n) is 2.62. The number of benzene rings is 2. The molecule has 0 bridgehead atoms. The van der Waals surface area contributed by atoms with Gasteiger partial charge in [-0.3, -0.25) is 4.99 Å². The number of hydrogen-bond donors (Lipinski definition) is 1. The molecule has 24 heavy (non-hydrogen) atoms. The molecule has 5 heteroatoms. The van der Waals surface area contributed by atoms with E-state index in [9.17, 15) is 0 Å². The smallest absolute Gasteiger partial charge is 0.130 e. The number of nitrogens with zero attached hydrogens (tertiary/aromatic N) is 1. The van der Waals surface area contributed by atoms with E-state index >= 15 is 0 Å². The highest BCUT2D eigenvalue weighted by Crippen LogP contribution is 2.35. The summed E-state index contributed by atoms with van der Waals surface area (Å²) in [5, 5.41) is 4.28. The Hall–Kier alpha value is -0.970. The standard InChI is InChI=1S/C19H20BrClN2S/c1-12-7-8-14(20)9-13(12)10-24-17-15(5-4-6-16(17)21)18-22-11-19(2,3)23-18/h4-9H,10-11H2,1-3H3,(H,22,23). The first-order chi connectivity index (χ1) is 11.4. The lowest BCUT2D eigenvalue weighted by Crippen LogP contribution is -2.40. The van der Waals surface area contributed by atoms with Crippen LogP contribution in [0.4, 0.5) is 0 Å². The maximum Gasteiger partial charge on any atom is 0.130 e. The van der Waals surface area contributed by atoms with Gasteiger partial charge in [-0.25, -0.2) is 0 Å². The van der Waals surface area contributed by atoms with Crippen LogP contribution in [0.15, 0.2) is 50.8 Å². The summed E-state index contributed by atoms with van der Waals surface area (Å²) in [4.78, 5) is 5.76. The van der Waals surface area contributed by atoms with Gasteiger partial charge in [0.25, 0.3) is 0 Å². The molecule has 1 heterocycles. The van der Waals surface area contributed by atoms with Gasteiger partial charge >= 0.3 is 0 Å². The Morgan fingerprint density at radius 3 is 2.79 bits per heavy atom. The number of aryl methyl sites for hydroxylation is 1. The zero-order valence-corrected chi connectivity index (χ0v) is 17.1. The largest absolute Gasteiger partial charge is 0.363 e. The topological polar surface area (TPSA) is 24.4 Å². The normalized spacial score (nSPS) is 16.0. The second-order valence-corrected chi connectivity index (χ2v) is 8.96. The molecule has 0 fully saturated rings.